The Morgan fingerprint density at radius 2 is 0.759 bits per heavy atom. The van der Waals surface area contributed by atoms with Crippen LogP contribution < -0.4 is 0 Å². The highest BCUT2D eigenvalue weighted by atomic mass is 14.4. The Balaban J connectivity index is 1.21. The van der Waals surface area contributed by atoms with Gasteiger partial charge in [-0.25, -0.2) is 0 Å². The molecule has 0 aromatic heterocycles. The molecule has 0 atom stereocenters. The fraction of sp³-hybridized carbons (Fsp3) is 0.111. The maximum absolute atomic E-state index is 2.49. The van der Waals surface area contributed by atoms with Crippen LogP contribution in [-0.2, 0) is 10.8 Å². The molecule has 0 heteroatoms. The van der Waals surface area contributed by atoms with E-state index in [9.17, 15) is 0 Å². The molecule has 0 aliphatic heterocycles. The predicted octanol–water partition coefficient (Wildman–Crippen LogP) is 14.8. The number of fused-ring (bicyclic) bond motifs is 9. The van der Waals surface area contributed by atoms with E-state index in [0.29, 0.717) is 0 Å². The maximum atomic E-state index is 2.49. The minimum Gasteiger partial charge on any atom is -0.0619 e. The summed E-state index contributed by atoms with van der Waals surface area (Å²) in [5, 5.41) is 7.65. The summed E-state index contributed by atoms with van der Waals surface area (Å²) in [6.07, 6.45) is 0. The van der Waals surface area contributed by atoms with E-state index in [1.54, 1.807) is 0 Å². The minimum absolute atomic E-state index is 0.0335. The molecule has 0 unspecified atom stereocenters. The van der Waals surface area contributed by atoms with Gasteiger partial charge >= 0.3 is 0 Å². The third kappa shape index (κ3) is 4.32. The maximum Gasteiger partial charge on any atom is 0.0159 e. The van der Waals surface area contributed by atoms with Gasteiger partial charge in [0.25, 0.3) is 0 Å². The number of hydrogen-bond donors (Lipinski definition) is 0. The van der Waals surface area contributed by atoms with E-state index in [1.165, 1.54) is 110 Å². The van der Waals surface area contributed by atoms with E-state index in [0.717, 1.165) is 0 Å². The fourth-order valence-corrected chi connectivity index (χ4v) is 10.1. The van der Waals surface area contributed by atoms with Crippen molar-refractivity contribution in [2.75, 3.05) is 0 Å². The first kappa shape index (κ1) is 31.3. The molecule has 0 radical (unpaired) electrons. The van der Waals surface area contributed by atoms with Crippen LogP contribution in [0.2, 0.25) is 0 Å². The Bertz CT molecular complexity index is 3040. The highest BCUT2D eigenvalue weighted by Gasteiger charge is 2.37. The van der Waals surface area contributed by atoms with Crippen molar-refractivity contribution < 1.29 is 0 Å². The fourth-order valence-electron chi connectivity index (χ4n) is 10.1. The van der Waals surface area contributed by atoms with Gasteiger partial charge < -0.3 is 0 Å². The summed E-state index contributed by atoms with van der Waals surface area (Å²) in [6.45, 7) is 9.49. The Morgan fingerprint density at radius 1 is 0.278 bits per heavy atom. The van der Waals surface area contributed by atoms with E-state index in [-0.39, 0.29) is 10.8 Å². The lowest BCUT2D eigenvalue weighted by Gasteiger charge is -2.23. The molecule has 11 rings (SSSR count). The zero-order valence-corrected chi connectivity index (χ0v) is 31.2. The second-order valence-corrected chi connectivity index (χ2v) is 16.5. The van der Waals surface area contributed by atoms with Crippen LogP contribution in [-0.4, -0.2) is 0 Å². The second kappa shape index (κ2) is 11.1. The van der Waals surface area contributed by atoms with Gasteiger partial charge in [0, 0.05) is 10.8 Å². The summed E-state index contributed by atoms with van der Waals surface area (Å²) in [4.78, 5) is 0. The predicted molar refractivity (Wildman–Crippen MR) is 230 cm³/mol. The lowest BCUT2D eigenvalue weighted by atomic mass is 9.80. The molecule has 256 valence electrons. The van der Waals surface area contributed by atoms with Gasteiger partial charge in [0.05, 0.1) is 0 Å². The minimum atomic E-state index is -0.0851. The van der Waals surface area contributed by atoms with Crippen LogP contribution in [0.4, 0.5) is 0 Å². The van der Waals surface area contributed by atoms with Crippen molar-refractivity contribution in [1.82, 2.24) is 0 Å². The quantitative estimate of drug-likeness (QED) is 0.162. The topological polar surface area (TPSA) is 0 Å². The molecule has 2 aliphatic carbocycles. The Labute approximate surface area is 317 Å². The van der Waals surface area contributed by atoms with Crippen LogP contribution in [0.15, 0.2) is 170 Å². The Kier molecular flexibility index (Phi) is 6.46. The highest BCUT2D eigenvalue weighted by Crippen LogP contribution is 2.53. The molecular weight excluding hydrogens is 649 g/mol. The van der Waals surface area contributed by atoms with Gasteiger partial charge in [0.1, 0.15) is 0 Å². The van der Waals surface area contributed by atoms with Gasteiger partial charge in [-0.2, -0.15) is 0 Å². The van der Waals surface area contributed by atoms with Crippen molar-refractivity contribution in [2.45, 2.75) is 38.5 Å². The first-order valence-electron chi connectivity index (χ1n) is 19.3. The lowest BCUT2D eigenvalue weighted by Crippen LogP contribution is -2.14. The molecule has 2 aliphatic rings. The van der Waals surface area contributed by atoms with Crippen LogP contribution in [0.1, 0.15) is 49.9 Å². The summed E-state index contributed by atoms with van der Waals surface area (Å²) in [6, 6.07) is 64.2. The molecule has 9 aromatic rings. The van der Waals surface area contributed by atoms with Crippen molar-refractivity contribution in [3.8, 4) is 55.6 Å². The summed E-state index contributed by atoms with van der Waals surface area (Å²) < 4.78 is 0. The number of benzene rings is 9. The first-order valence-corrected chi connectivity index (χ1v) is 19.3. The summed E-state index contributed by atoms with van der Waals surface area (Å²) in [5.74, 6) is 0. The monoisotopic (exact) mass is 688 g/mol. The zero-order chi connectivity index (χ0) is 36.3. The number of hydrogen-bond acceptors (Lipinski definition) is 0. The molecular formula is C54H40. The summed E-state index contributed by atoms with van der Waals surface area (Å²) in [5.41, 5.74) is 18.5. The molecule has 0 fully saturated rings. The molecule has 0 heterocycles. The third-order valence-electron chi connectivity index (χ3n) is 12.9. The lowest BCUT2D eigenvalue weighted by molar-refractivity contribution is 0.660. The summed E-state index contributed by atoms with van der Waals surface area (Å²) in [7, 11) is 0. The van der Waals surface area contributed by atoms with Crippen LogP contribution in [0, 0.1) is 0 Å². The molecule has 0 amide bonds. The van der Waals surface area contributed by atoms with E-state index < -0.39 is 0 Å². The standard InChI is InChI=1S/C54H40/c1-53(2)48-20-12-10-16-40(48)45-31-37(25-28-49(45)53)51-42-17-7-8-18-43(42)52(38-24-26-41-39-15-9-11-19-47(39)54(3,4)50(41)32-38)46-30-36(23-27-44(46)51)35-22-21-33-13-5-6-14-34(33)29-35/h5-32H,1-4H3. The smallest absolute Gasteiger partial charge is 0.0159 e. The Morgan fingerprint density at radius 3 is 1.52 bits per heavy atom. The zero-order valence-electron chi connectivity index (χ0n) is 31.2. The average molecular weight is 689 g/mol. The molecule has 0 spiro atoms. The van der Waals surface area contributed by atoms with E-state index in [1.807, 2.05) is 0 Å². The van der Waals surface area contributed by atoms with Crippen molar-refractivity contribution in [3.63, 3.8) is 0 Å². The largest absolute Gasteiger partial charge is 0.0619 e. The van der Waals surface area contributed by atoms with Crippen LogP contribution >= 0.6 is 0 Å². The van der Waals surface area contributed by atoms with E-state index in [4.69, 9.17) is 0 Å². The molecule has 0 N–H and O–H groups in total. The Hall–Kier alpha value is -6.24. The van der Waals surface area contributed by atoms with Crippen molar-refractivity contribution in [2.24, 2.45) is 0 Å². The van der Waals surface area contributed by atoms with Gasteiger partial charge in [-0.15, -0.1) is 0 Å². The number of rotatable bonds is 3. The molecule has 0 nitrogen and oxygen atoms in total. The molecule has 0 saturated carbocycles. The van der Waals surface area contributed by atoms with Gasteiger partial charge in [0.2, 0.25) is 0 Å². The normalized spacial score (nSPS) is 14.6. The van der Waals surface area contributed by atoms with Gasteiger partial charge in [-0.1, -0.05) is 173 Å². The molecule has 9 aromatic carbocycles. The van der Waals surface area contributed by atoms with Crippen LogP contribution in [0.3, 0.4) is 0 Å². The van der Waals surface area contributed by atoms with Crippen LogP contribution in [0.5, 0.6) is 0 Å². The summed E-state index contributed by atoms with van der Waals surface area (Å²) >= 11 is 0. The van der Waals surface area contributed by atoms with E-state index >= 15 is 0 Å². The van der Waals surface area contributed by atoms with Gasteiger partial charge in [-0.05, 0) is 134 Å². The molecule has 54 heavy (non-hydrogen) atoms. The highest BCUT2D eigenvalue weighted by molar-refractivity contribution is 6.22. The SMILES string of the molecule is CC1(C)c2ccccc2-c2cc(-c3c4ccccc4c(-c4ccc5c(c4)C(C)(C)c4ccccc4-5)c4cc(-c5ccc6ccccc6c5)ccc34)ccc21. The molecule has 0 bridgehead atoms. The van der Waals surface area contributed by atoms with Gasteiger partial charge in [0.15, 0.2) is 0 Å². The van der Waals surface area contributed by atoms with Gasteiger partial charge in [-0.3, -0.25) is 0 Å². The average Bonchev–Trinajstić information content (AvgIpc) is 3.58. The first-order chi connectivity index (χ1) is 26.3. The van der Waals surface area contributed by atoms with Crippen LogP contribution in [0.25, 0.3) is 88.0 Å². The van der Waals surface area contributed by atoms with Crippen molar-refractivity contribution >= 4 is 32.3 Å². The second-order valence-electron chi connectivity index (χ2n) is 16.5. The van der Waals surface area contributed by atoms with E-state index in [2.05, 4.69) is 198 Å². The molecule has 0 saturated heterocycles. The van der Waals surface area contributed by atoms with Crippen molar-refractivity contribution in [1.29, 1.82) is 0 Å². The van der Waals surface area contributed by atoms with Crippen molar-refractivity contribution in [3.05, 3.63) is 192 Å². The third-order valence-corrected chi connectivity index (χ3v) is 12.9.